The molecule has 7 heteroatoms. The van der Waals surface area contributed by atoms with Gasteiger partial charge in [-0.15, -0.1) is 0 Å². The summed E-state index contributed by atoms with van der Waals surface area (Å²) in [6.45, 7) is 0. The number of halogens is 1. The number of nitro groups is 1. The fraction of sp³-hybridized carbons (Fsp3) is 0.133. The largest absolute Gasteiger partial charge is 0.378 e. The van der Waals surface area contributed by atoms with Crippen LogP contribution in [0.2, 0.25) is 0 Å². The predicted octanol–water partition coefficient (Wildman–Crippen LogP) is 3.83. The van der Waals surface area contributed by atoms with Crippen LogP contribution in [-0.2, 0) is 0 Å². The average Bonchev–Trinajstić information content (AvgIpc) is 2.53. The molecule has 6 nitrogen and oxygen atoms in total. The lowest BCUT2D eigenvalue weighted by Gasteiger charge is -2.12. The Morgan fingerprint density at radius 2 is 1.73 bits per heavy atom. The zero-order valence-electron chi connectivity index (χ0n) is 12.2. The first-order valence-electron chi connectivity index (χ1n) is 6.49. The third kappa shape index (κ3) is 4.05. The van der Waals surface area contributed by atoms with Crippen LogP contribution in [-0.4, -0.2) is 23.6 Å². The number of non-ortho nitro benzene ring substituents is 1. The highest BCUT2D eigenvalue weighted by Crippen LogP contribution is 2.17. The fourth-order valence-electron chi connectivity index (χ4n) is 1.73. The fourth-order valence-corrected chi connectivity index (χ4v) is 2.09. The molecule has 0 aliphatic carbocycles. The Hall–Kier alpha value is -2.41. The van der Waals surface area contributed by atoms with Crippen molar-refractivity contribution in [1.82, 2.24) is 0 Å². The Kier molecular flexibility index (Phi) is 5.11. The van der Waals surface area contributed by atoms with Crippen molar-refractivity contribution >= 4 is 37.6 Å². The van der Waals surface area contributed by atoms with Crippen LogP contribution in [0.1, 0.15) is 5.56 Å². The van der Waals surface area contributed by atoms with E-state index in [0.29, 0.717) is 10.3 Å². The Labute approximate surface area is 136 Å². The third-order valence-corrected chi connectivity index (χ3v) is 3.62. The molecule has 0 amide bonds. The molecule has 0 atom stereocenters. The summed E-state index contributed by atoms with van der Waals surface area (Å²) in [6.07, 6.45) is 0. The second-order valence-electron chi connectivity index (χ2n) is 4.76. The zero-order chi connectivity index (χ0) is 16.1. The summed E-state index contributed by atoms with van der Waals surface area (Å²) in [5.41, 5.74) is 5.61. The molecule has 0 bridgehead atoms. The summed E-state index contributed by atoms with van der Waals surface area (Å²) in [5.74, 6) is 0. The number of hydrogen-bond donors (Lipinski definition) is 1. The van der Waals surface area contributed by atoms with Gasteiger partial charge in [-0.25, -0.2) is 0 Å². The van der Waals surface area contributed by atoms with Crippen LogP contribution >= 0.6 is 15.9 Å². The first-order chi connectivity index (χ1) is 10.5. The second-order valence-corrected chi connectivity index (χ2v) is 5.51. The van der Waals surface area contributed by atoms with Gasteiger partial charge in [0.15, 0.2) is 0 Å². The molecule has 0 radical (unpaired) electrons. The van der Waals surface area contributed by atoms with Crippen LogP contribution in [0.3, 0.4) is 0 Å². The highest BCUT2D eigenvalue weighted by atomic mass is 79.9. The minimum atomic E-state index is -0.435. The van der Waals surface area contributed by atoms with Gasteiger partial charge >= 0.3 is 0 Å². The molecular formula is C15H15BrN4O2. The molecule has 0 heterocycles. The molecule has 0 aromatic heterocycles. The van der Waals surface area contributed by atoms with Crippen LogP contribution in [0.4, 0.5) is 17.1 Å². The first kappa shape index (κ1) is 16.0. The summed E-state index contributed by atoms with van der Waals surface area (Å²) in [5, 5.41) is 14.8. The maximum absolute atomic E-state index is 10.6. The van der Waals surface area contributed by atoms with E-state index < -0.39 is 4.92 Å². The summed E-state index contributed by atoms with van der Waals surface area (Å²) < 4.78 is 0.649. The van der Waals surface area contributed by atoms with Crippen LogP contribution in [0, 0.1) is 10.1 Å². The van der Waals surface area contributed by atoms with Gasteiger partial charge in [0.1, 0.15) is 4.62 Å². The van der Waals surface area contributed by atoms with Crippen molar-refractivity contribution in [2.24, 2.45) is 5.10 Å². The SMILES string of the molecule is CN(C)c1ccc(/C(Br)=N/Nc2ccc([N+](=O)[O-])cc2)cc1. The van der Waals surface area contributed by atoms with Gasteiger partial charge in [0.25, 0.3) is 5.69 Å². The van der Waals surface area contributed by atoms with Gasteiger partial charge in [-0.05, 0) is 40.2 Å². The molecule has 0 saturated heterocycles. The molecule has 0 aliphatic rings. The minimum Gasteiger partial charge on any atom is -0.378 e. The number of nitrogens with one attached hydrogen (secondary N) is 1. The maximum Gasteiger partial charge on any atom is 0.269 e. The van der Waals surface area contributed by atoms with Crippen molar-refractivity contribution in [1.29, 1.82) is 0 Å². The van der Waals surface area contributed by atoms with Crippen LogP contribution in [0.25, 0.3) is 0 Å². The van der Waals surface area contributed by atoms with E-state index >= 15 is 0 Å². The quantitative estimate of drug-likeness (QED) is 0.498. The number of benzene rings is 2. The summed E-state index contributed by atoms with van der Waals surface area (Å²) in [4.78, 5) is 12.2. The molecule has 0 fully saturated rings. The van der Waals surface area contributed by atoms with Crippen LogP contribution in [0.15, 0.2) is 53.6 Å². The van der Waals surface area contributed by atoms with Gasteiger partial charge in [-0.2, -0.15) is 5.10 Å². The van der Waals surface area contributed by atoms with Crippen molar-refractivity contribution < 1.29 is 4.92 Å². The zero-order valence-corrected chi connectivity index (χ0v) is 13.7. The first-order valence-corrected chi connectivity index (χ1v) is 7.28. The van der Waals surface area contributed by atoms with E-state index in [1.165, 1.54) is 12.1 Å². The van der Waals surface area contributed by atoms with Crippen molar-refractivity contribution in [2.75, 3.05) is 24.4 Å². The lowest BCUT2D eigenvalue weighted by molar-refractivity contribution is -0.384. The number of nitrogens with zero attached hydrogens (tertiary/aromatic N) is 3. The Morgan fingerprint density at radius 3 is 2.23 bits per heavy atom. The Balaban J connectivity index is 2.07. The predicted molar refractivity (Wildman–Crippen MR) is 93.0 cm³/mol. The number of anilines is 2. The molecule has 0 saturated carbocycles. The van der Waals surface area contributed by atoms with E-state index in [4.69, 9.17) is 0 Å². The smallest absolute Gasteiger partial charge is 0.269 e. The molecule has 2 rings (SSSR count). The van der Waals surface area contributed by atoms with Gasteiger partial charge < -0.3 is 4.90 Å². The van der Waals surface area contributed by atoms with E-state index in [0.717, 1.165) is 11.3 Å². The highest BCUT2D eigenvalue weighted by Gasteiger charge is 2.04. The standard InChI is InChI=1S/C15H15BrN4O2/c1-19(2)13-7-3-11(4-8-13)15(16)18-17-12-5-9-14(10-6-12)20(21)22/h3-10,17H,1-2H3/b18-15-. The number of hydrogen-bond acceptors (Lipinski definition) is 5. The van der Waals surface area contributed by atoms with Gasteiger partial charge in [0.05, 0.1) is 10.6 Å². The molecule has 0 spiro atoms. The molecule has 2 aromatic rings. The monoisotopic (exact) mass is 362 g/mol. The maximum atomic E-state index is 10.6. The lowest BCUT2D eigenvalue weighted by Crippen LogP contribution is -2.08. The van der Waals surface area contributed by atoms with E-state index in [-0.39, 0.29) is 5.69 Å². The van der Waals surface area contributed by atoms with Crippen LogP contribution < -0.4 is 10.3 Å². The van der Waals surface area contributed by atoms with Crippen molar-refractivity contribution in [2.45, 2.75) is 0 Å². The summed E-state index contributed by atoms with van der Waals surface area (Å²) in [7, 11) is 3.96. The molecule has 0 aliphatic heterocycles. The molecule has 114 valence electrons. The molecule has 22 heavy (non-hydrogen) atoms. The van der Waals surface area contributed by atoms with Crippen molar-refractivity contribution in [3.8, 4) is 0 Å². The summed E-state index contributed by atoms with van der Waals surface area (Å²) >= 11 is 3.41. The van der Waals surface area contributed by atoms with Crippen LogP contribution in [0.5, 0.6) is 0 Å². The van der Waals surface area contributed by atoms with Gasteiger partial charge in [0.2, 0.25) is 0 Å². The lowest BCUT2D eigenvalue weighted by atomic mass is 10.2. The Bertz CT molecular complexity index is 682. The van der Waals surface area contributed by atoms with Crippen molar-refractivity contribution in [3.05, 3.63) is 64.2 Å². The highest BCUT2D eigenvalue weighted by molar-refractivity contribution is 9.18. The van der Waals surface area contributed by atoms with E-state index in [1.54, 1.807) is 12.1 Å². The van der Waals surface area contributed by atoms with E-state index in [9.17, 15) is 10.1 Å². The van der Waals surface area contributed by atoms with E-state index in [1.807, 2.05) is 43.3 Å². The second kappa shape index (κ2) is 7.04. The summed E-state index contributed by atoms with van der Waals surface area (Å²) in [6, 6.07) is 14.0. The molecule has 2 aromatic carbocycles. The number of rotatable bonds is 5. The number of hydrazone groups is 1. The van der Waals surface area contributed by atoms with E-state index in [2.05, 4.69) is 26.5 Å². The molecule has 1 N–H and O–H groups in total. The third-order valence-electron chi connectivity index (χ3n) is 2.98. The normalized spacial score (nSPS) is 11.1. The number of nitro benzene ring substituents is 1. The topological polar surface area (TPSA) is 70.8 Å². The van der Waals surface area contributed by atoms with Gasteiger partial charge in [-0.1, -0.05) is 12.1 Å². The Morgan fingerprint density at radius 1 is 1.14 bits per heavy atom. The molecular weight excluding hydrogens is 348 g/mol. The average molecular weight is 363 g/mol. The minimum absolute atomic E-state index is 0.0490. The van der Waals surface area contributed by atoms with Gasteiger partial charge in [0, 0.05) is 37.5 Å². The van der Waals surface area contributed by atoms with Gasteiger partial charge in [-0.3, -0.25) is 15.5 Å². The molecule has 0 unspecified atom stereocenters. The van der Waals surface area contributed by atoms with Crippen molar-refractivity contribution in [3.63, 3.8) is 0 Å².